The Labute approximate surface area is 80.8 Å². The molecule has 0 aliphatic heterocycles. The highest BCUT2D eigenvalue weighted by Gasteiger charge is 1.99. The fraction of sp³-hybridized carbons (Fsp3) is 0. The predicted octanol–water partition coefficient (Wildman–Crippen LogP) is 3.53. The summed E-state index contributed by atoms with van der Waals surface area (Å²) in [4.78, 5) is 0. The molecule has 0 fully saturated rings. The van der Waals surface area contributed by atoms with Gasteiger partial charge in [-0.05, 0) is 18.2 Å². The summed E-state index contributed by atoms with van der Waals surface area (Å²) in [5, 5.41) is 9.39. The van der Waals surface area contributed by atoms with Crippen LogP contribution in [0.25, 0.3) is 6.08 Å². The third-order valence-electron chi connectivity index (χ3n) is 1.32. The van der Waals surface area contributed by atoms with Crippen LogP contribution in [0.2, 0.25) is 10.0 Å². The predicted molar refractivity (Wildman–Crippen MR) is 51.1 cm³/mol. The Morgan fingerprint density at radius 1 is 1.25 bits per heavy atom. The molecule has 1 nitrogen and oxygen atoms in total. The van der Waals surface area contributed by atoms with E-state index < -0.39 is 0 Å². The van der Waals surface area contributed by atoms with Crippen molar-refractivity contribution in [3.63, 3.8) is 0 Å². The van der Waals surface area contributed by atoms with Crippen LogP contribution in [0, 0.1) is 11.3 Å². The van der Waals surface area contributed by atoms with E-state index in [1.165, 1.54) is 6.08 Å². The number of benzene rings is 1. The van der Waals surface area contributed by atoms with E-state index in [2.05, 4.69) is 0 Å². The molecular formula is C9H5Cl2N. The van der Waals surface area contributed by atoms with Gasteiger partial charge in [0.2, 0.25) is 0 Å². The van der Waals surface area contributed by atoms with E-state index in [0.29, 0.717) is 15.6 Å². The van der Waals surface area contributed by atoms with Crippen molar-refractivity contribution in [2.24, 2.45) is 0 Å². The van der Waals surface area contributed by atoms with Gasteiger partial charge in [-0.1, -0.05) is 29.3 Å². The van der Waals surface area contributed by atoms with Gasteiger partial charge in [0.25, 0.3) is 0 Å². The molecule has 1 aromatic rings. The van der Waals surface area contributed by atoms with E-state index in [-0.39, 0.29) is 0 Å². The molecule has 0 N–H and O–H groups in total. The van der Waals surface area contributed by atoms with Crippen molar-refractivity contribution in [3.8, 4) is 6.07 Å². The van der Waals surface area contributed by atoms with Gasteiger partial charge in [-0.3, -0.25) is 0 Å². The Hall–Kier alpha value is -0.970. The third kappa shape index (κ3) is 2.01. The van der Waals surface area contributed by atoms with E-state index in [0.717, 1.165) is 0 Å². The highest BCUT2D eigenvalue weighted by atomic mass is 35.5. The summed E-state index contributed by atoms with van der Waals surface area (Å²) in [6.07, 6.45) is 2.93. The minimum absolute atomic E-state index is 0.550. The van der Waals surface area contributed by atoms with Crippen molar-refractivity contribution >= 4 is 29.3 Å². The van der Waals surface area contributed by atoms with Crippen molar-refractivity contribution in [2.45, 2.75) is 0 Å². The summed E-state index contributed by atoms with van der Waals surface area (Å²) in [5.41, 5.74) is 0.683. The van der Waals surface area contributed by atoms with Crippen LogP contribution in [0.15, 0.2) is 24.3 Å². The summed E-state index contributed by atoms with van der Waals surface area (Å²) in [7, 11) is 0. The molecule has 1 aromatic carbocycles. The maximum absolute atomic E-state index is 8.29. The Kier molecular flexibility index (Phi) is 3.16. The monoisotopic (exact) mass is 197 g/mol. The van der Waals surface area contributed by atoms with Crippen LogP contribution in [0.5, 0.6) is 0 Å². The van der Waals surface area contributed by atoms with E-state index in [1.54, 1.807) is 24.3 Å². The number of hydrogen-bond acceptors (Lipinski definition) is 1. The quantitative estimate of drug-likeness (QED) is 0.633. The molecule has 60 valence electrons. The first-order chi connectivity index (χ1) is 5.75. The lowest BCUT2D eigenvalue weighted by molar-refractivity contribution is 1.54. The van der Waals surface area contributed by atoms with Gasteiger partial charge in [0.05, 0.1) is 6.07 Å². The summed E-state index contributed by atoms with van der Waals surface area (Å²) in [5.74, 6) is 0. The molecule has 0 radical (unpaired) electrons. The largest absolute Gasteiger partial charge is 0.193 e. The molecule has 0 unspecified atom stereocenters. The minimum Gasteiger partial charge on any atom is -0.193 e. The second-order valence-corrected chi connectivity index (χ2v) is 2.91. The van der Waals surface area contributed by atoms with Gasteiger partial charge in [0.15, 0.2) is 0 Å². The van der Waals surface area contributed by atoms with Crippen molar-refractivity contribution < 1.29 is 0 Å². The van der Waals surface area contributed by atoms with Crippen molar-refractivity contribution in [3.05, 3.63) is 39.9 Å². The minimum atomic E-state index is 0.550. The van der Waals surface area contributed by atoms with E-state index >= 15 is 0 Å². The maximum atomic E-state index is 8.29. The maximum Gasteiger partial charge on any atom is 0.0912 e. The first kappa shape index (κ1) is 9.12. The zero-order valence-corrected chi connectivity index (χ0v) is 7.60. The molecule has 1 rings (SSSR count). The standard InChI is InChI=1S/C9H5Cl2N/c10-8-4-1-5-9(11)7(8)3-2-6-12/h1-5H/b3-2+. The molecule has 0 saturated heterocycles. The highest BCUT2D eigenvalue weighted by molar-refractivity contribution is 6.37. The van der Waals surface area contributed by atoms with Crippen molar-refractivity contribution in [1.29, 1.82) is 5.26 Å². The molecular weight excluding hydrogens is 193 g/mol. The summed E-state index contributed by atoms with van der Waals surface area (Å²) in [6, 6.07) is 7.08. The molecule has 0 aliphatic rings. The fourth-order valence-corrected chi connectivity index (χ4v) is 1.31. The van der Waals surface area contributed by atoms with Crippen molar-refractivity contribution in [2.75, 3.05) is 0 Å². The second-order valence-electron chi connectivity index (χ2n) is 2.10. The van der Waals surface area contributed by atoms with Crippen LogP contribution in [0.4, 0.5) is 0 Å². The zero-order chi connectivity index (χ0) is 8.97. The van der Waals surface area contributed by atoms with Crippen LogP contribution in [-0.2, 0) is 0 Å². The first-order valence-corrected chi connectivity index (χ1v) is 4.01. The number of hydrogen-bond donors (Lipinski definition) is 0. The average molecular weight is 198 g/mol. The topological polar surface area (TPSA) is 23.8 Å². The van der Waals surface area contributed by atoms with Crippen LogP contribution in [-0.4, -0.2) is 0 Å². The van der Waals surface area contributed by atoms with E-state index in [9.17, 15) is 0 Å². The first-order valence-electron chi connectivity index (χ1n) is 3.26. The average Bonchev–Trinajstić information content (AvgIpc) is 2.04. The molecule has 0 saturated carbocycles. The van der Waals surface area contributed by atoms with E-state index in [1.807, 2.05) is 6.07 Å². The van der Waals surface area contributed by atoms with Gasteiger partial charge in [-0.15, -0.1) is 0 Å². The summed E-state index contributed by atoms with van der Waals surface area (Å²) in [6.45, 7) is 0. The normalized spacial score (nSPS) is 10.1. The van der Waals surface area contributed by atoms with Gasteiger partial charge in [-0.2, -0.15) is 5.26 Å². The van der Waals surface area contributed by atoms with E-state index in [4.69, 9.17) is 28.5 Å². The lowest BCUT2D eigenvalue weighted by Gasteiger charge is -1.98. The van der Waals surface area contributed by atoms with Crippen molar-refractivity contribution in [1.82, 2.24) is 0 Å². The summed E-state index contributed by atoms with van der Waals surface area (Å²) < 4.78 is 0. The molecule has 12 heavy (non-hydrogen) atoms. The molecule has 0 amide bonds. The van der Waals surface area contributed by atoms with Crippen LogP contribution < -0.4 is 0 Å². The number of allylic oxidation sites excluding steroid dienone is 1. The molecule has 0 aromatic heterocycles. The van der Waals surface area contributed by atoms with Crippen LogP contribution >= 0.6 is 23.2 Å². The lowest BCUT2D eigenvalue weighted by atomic mass is 10.2. The van der Waals surface area contributed by atoms with Gasteiger partial charge < -0.3 is 0 Å². The Balaban J connectivity index is 3.15. The summed E-state index contributed by atoms with van der Waals surface area (Å²) >= 11 is 11.6. The van der Waals surface area contributed by atoms with Gasteiger partial charge >= 0.3 is 0 Å². The lowest BCUT2D eigenvalue weighted by Crippen LogP contribution is -1.75. The third-order valence-corrected chi connectivity index (χ3v) is 1.98. The SMILES string of the molecule is N#C/C=C/c1c(Cl)cccc1Cl. The Bertz CT molecular complexity index is 330. The molecule has 0 atom stereocenters. The van der Waals surface area contributed by atoms with Gasteiger partial charge in [0.1, 0.15) is 0 Å². The molecule has 3 heteroatoms. The van der Waals surface area contributed by atoms with Gasteiger partial charge in [-0.25, -0.2) is 0 Å². The smallest absolute Gasteiger partial charge is 0.0912 e. The highest BCUT2D eigenvalue weighted by Crippen LogP contribution is 2.25. The molecule has 0 heterocycles. The number of nitriles is 1. The van der Waals surface area contributed by atoms with Crippen LogP contribution in [0.3, 0.4) is 0 Å². The molecule has 0 spiro atoms. The second kappa shape index (κ2) is 4.15. The molecule has 0 aliphatic carbocycles. The number of rotatable bonds is 1. The number of nitrogens with zero attached hydrogens (tertiary/aromatic N) is 1. The molecule has 0 bridgehead atoms. The fourth-order valence-electron chi connectivity index (χ4n) is 0.791. The van der Waals surface area contributed by atoms with Crippen LogP contribution in [0.1, 0.15) is 5.56 Å². The number of halogens is 2. The Morgan fingerprint density at radius 2 is 1.83 bits per heavy atom. The van der Waals surface area contributed by atoms with Gasteiger partial charge in [0, 0.05) is 21.7 Å². The Morgan fingerprint density at radius 3 is 2.33 bits per heavy atom. The zero-order valence-electron chi connectivity index (χ0n) is 6.09.